The Morgan fingerprint density at radius 2 is 2.20 bits per heavy atom. The van der Waals surface area contributed by atoms with E-state index in [1.54, 1.807) is 25.3 Å². The number of aromatic nitrogens is 1. The molecule has 2 rings (SSSR count). The first-order valence-electron chi connectivity index (χ1n) is 5.89. The van der Waals surface area contributed by atoms with Crippen LogP contribution in [-0.2, 0) is 0 Å². The van der Waals surface area contributed by atoms with Gasteiger partial charge in [-0.3, -0.25) is 4.79 Å². The first kappa shape index (κ1) is 14.3. The molecule has 0 atom stereocenters. The van der Waals surface area contributed by atoms with E-state index in [0.717, 1.165) is 10.0 Å². The minimum atomic E-state index is -0.369. The number of anilines is 2. The molecule has 20 heavy (non-hydrogen) atoms. The number of halogens is 1. The van der Waals surface area contributed by atoms with Crippen molar-refractivity contribution in [3.8, 4) is 5.75 Å². The number of nitrogens with one attached hydrogen (secondary N) is 1. The Hall–Kier alpha value is -2.08. The lowest BCUT2D eigenvalue weighted by Gasteiger charge is -2.14. The summed E-state index contributed by atoms with van der Waals surface area (Å²) < 4.78 is 6.15. The van der Waals surface area contributed by atoms with Crippen LogP contribution < -0.4 is 15.8 Å². The van der Waals surface area contributed by atoms with E-state index in [9.17, 15) is 4.79 Å². The largest absolute Gasteiger partial charge is 0.495 e. The van der Waals surface area contributed by atoms with Gasteiger partial charge >= 0.3 is 0 Å². The summed E-state index contributed by atoms with van der Waals surface area (Å²) >= 11 is 3.39. The second kappa shape index (κ2) is 5.92. The maximum atomic E-state index is 12.2. The predicted molar refractivity (Wildman–Crippen MR) is 82.0 cm³/mol. The number of nitrogens with zero attached hydrogens (tertiary/aromatic N) is 1. The van der Waals surface area contributed by atoms with E-state index >= 15 is 0 Å². The summed E-state index contributed by atoms with van der Waals surface area (Å²) in [5.41, 5.74) is 7.75. The summed E-state index contributed by atoms with van der Waals surface area (Å²) in [4.78, 5) is 16.2. The second-order valence-corrected chi connectivity index (χ2v) is 5.11. The Labute approximate surface area is 125 Å². The Kier molecular flexibility index (Phi) is 4.24. The van der Waals surface area contributed by atoms with Crippen molar-refractivity contribution in [3.05, 3.63) is 46.2 Å². The summed E-state index contributed by atoms with van der Waals surface area (Å²) in [6.07, 6.45) is 1.52. The van der Waals surface area contributed by atoms with E-state index in [-0.39, 0.29) is 11.6 Å². The molecule has 0 saturated heterocycles. The molecule has 0 saturated carbocycles. The quantitative estimate of drug-likeness (QED) is 0.903. The number of ether oxygens (including phenoxy) is 1. The monoisotopic (exact) mass is 335 g/mol. The number of amides is 1. The normalized spacial score (nSPS) is 10.2. The third-order valence-corrected chi connectivity index (χ3v) is 3.23. The molecule has 6 heteroatoms. The van der Waals surface area contributed by atoms with Crippen LogP contribution >= 0.6 is 15.9 Å². The van der Waals surface area contributed by atoms with E-state index in [0.29, 0.717) is 17.1 Å². The van der Waals surface area contributed by atoms with E-state index in [2.05, 4.69) is 26.2 Å². The molecular formula is C14H14BrN3O2. The summed E-state index contributed by atoms with van der Waals surface area (Å²) in [7, 11) is 1.55. The van der Waals surface area contributed by atoms with Gasteiger partial charge in [-0.1, -0.05) is 15.9 Å². The Morgan fingerprint density at radius 1 is 1.45 bits per heavy atom. The van der Waals surface area contributed by atoms with Crippen molar-refractivity contribution in [3.63, 3.8) is 0 Å². The van der Waals surface area contributed by atoms with Crippen LogP contribution in [0.2, 0.25) is 0 Å². The summed E-state index contributed by atoms with van der Waals surface area (Å²) in [6, 6.07) is 6.98. The molecule has 1 aromatic heterocycles. The molecule has 2 aromatic rings. The Bertz CT molecular complexity index is 659. The zero-order chi connectivity index (χ0) is 14.7. The standard InChI is InChI=1S/C14H14BrN3O2/c1-8-6-9(15)7-11(20-2)12(8)18-14(19)13-10(16)4-3-5-17-13/h3-7H,16H2,1-2H3,(H,18,19). The number of carbonyl (C=O) groups is 1. The fourth-order valence-corrected chi connectivity index (χ4v) is 2.37. The summed E-state index contributed by atoms with van der Waals surface area (Å²) in [5.74, 6) is 0.201. The van der Waals surface area contributed by atoms with Crippen molar-refractivity contribution in [1.82, 2.24) is 4.98 Å². The minimum Gasteiger partial charge on any atom is -0.495 e. The summed E-state index contributed by atoms with van der Waals surface area (Å²) in [5, 5.41) is 2.79. The lowest BCUT2D eigenvalue weighted by atomic mass is 10.1. The molecule has 5 nitrogen and oxygen atoms in total. The molecule has 104 valence electrons. The highest BCUT2D eigenvalue weighted by atomic mass is 79.9. The number of pyridine rings is 1. The van der Waals surface area contributed by atoms with Crippen LogP contribution in [0.5, 0.6) is 5.75 Å². The Morgan fingerprint density at radius 3 is 2.85 bits per heavy atom. The average molecular weight is 336 g/mol. The molecule has 1 heterocycles. The van der Waals surface area contributed by atoms with Gasteiger partial charge in [0.05, 0.1) is 18.5 Å². The first-order chi connectivity index (χ1) is 9.52. The van der Waals surface area contributed by atoms with E-state index < -0.39 is 0 Å². The zero-order valence-corrected chi connectivity index (χ0v) is 12.7. The highest BCUT2D eigenvalue weighted by molar-refractivity contribution is 9.10. The van der Waals surface area contributed by atoms with Gasteiger partial charge < -0.3 is 15.8 Å². The van der Waals surface area contributed by atoms with Crippen molar-refractivity contribution in [2.75, 3.05) is 18.2 Å². The molecule has 0 radical (unpaired) electrons. The fourth-order valence-electron chi connectivity index (χ4n) is 1.81. The second-order valence-electron chi connectivity index (χ2n) is 4.20. The molecular weight excluding hydrogens is 322 g/mol. The number of aryl methyl sites for hydroxylation is 1. The number of nitrogen functional groups attached to an aromatic ring is 1. The topological polar surface area (TPSA) is 77.2 Å². The van der Waals surface area contributed by atoms with E-state index in [1.165, 1.54) is 6.20 Å². The highest BCUT2D eigenvalue weighted by Crippen LogP contribution is 2.32. The highest BCUT2D eigenvalue weighted by Gasteiger charge is 2.15. The van der Waals surface area contributed by atoms with Crippen molar-refractivity contribution in [2.45, 2.75) is 6.92 Å². The van der Waals surface area contributed by atoms with Crippen LogP contribution in [0.1, 0.15) is 16.1 Å². The average Bonchev–Trinajstić information content (AvgIpc) is 2.41. The molecule has 0 bridgehead atoms. The van der Waals surface area contributed by atoms with Gasteiger partial charge in [-0.25, -0.2) is 4.98 Å². The maximum Gasteiger partial charge on any atom is 0.276 e. The molecule has 3 N–H and O–H groups in total. The summed E-state index contributed by atoms with van der Waals surface area (Å²) in [6.45, 7) is 1.88. The predicted octanol–water partition coefficient (Wildman–Crippen LogP) is 3.00. The molecule has 1 amide bonds. The Balaban J connectivity index is 2.35. The van der Waals surface area contributed by atoms with Gasteiger partial charge in [0.1, 0.15) is 5.75 Å². The number of nitrogens with two attached hydrogens (primary N) is 1. The third-order valence-electron chi connectivity index (χ3n) is 2.78. The van der Waals surface area contributed by atoms with Gasteiger partial charge in [0.25, 0.3) is 5.91 Å². The lowest BCUT2D eigenvalue weighted by Crippen LogP contribution is -2.17. The van der Waals surface area contributed by atoms with Crippen molar-refractivity contribution >= 4 is 33.2 Å². The third kappa shape index (κ3) is 2.91. The number of methoxy groups -OCH3 is 1. The maximum absolute atomic E-state index is 12.2. The first-order valence-corrected chi connectivity index (χ1v) is 6.68. The lowest BCUT2D eigenvalue weighted by molar-refractivity contribution is 0.102. The molecule has 0 aliphatic heterocycles. The number of rotatable bonds is 3. The SMILES string of the molecule is COc1cc(Br)cc(C)c1NC(=O)c1ncccc1N. The zero-order valence-electron chi connectivity index (χ0n) is 11.1. The molecule has 0 aliphatic rings. The van der Waals surface area contributed by atoms with Crippen LogP contribution in [0, 0.1) is 6.92 Å². The van der Waals surface area contributed by atoms with Crippen LogP contribution in [0.15, 0.2) is 34.9 Å². The van der Waals surface area contributed by atoms with Crippen molar-refractivity contribution < 1.29 is 9.53 Å². The van der Waals surface area contributed by atoms with E-state index in [1.807, 2.05) is 13.0 Å². The van der Waals surface area contributed by atoms with Crippen LogP contribution in [0.3, 0.4) is 0 Å². The van der Waals surface area contributed by atoms with Crippen molar-refractivity contribution in [2.24, 2.45) is 0 Å². The van der Waals surface area contributed by atoms with Gasteiger partial charge in [0, 0.05) is 10.7 Å². The number of hydrogen-bond donors (Lipinski definition) is 2. The van der Waals surface area contributed by atoms with Gasteiger partial charge in [0.2, 0.25) is 0 Å². The van der Waals surface area contributed by atoms with Gasteiger partial charge in [-0.05, 0) is 36.8 Å². The molecule has 0 unspecified atom stereocenters. The molecule has 0 spiro atoms. The number of carbonyl (C=O) groups excluding carboxylic acids is 1. The molecule has 0 fully saturated rings. The van der Waals surface area contributed by atoms with E-state index in [4.69, 9.17) is 10.5 Å². The molecule has 0 aliphatic carbocycles. The van der Waals surface area contributed by atoms with Gasteiger partial charge in [-0.15, -0.1) is 0 Å². The van der Waals surface area contributed by atoms with Crippen molar-refractivity contribution in [1.29, 1.82) is 0 Å². The minimum absolute atomic E-state index is 0.192. The fraction of sp³-hybridized carbons (Fsp3) is 0.143. The van der Waals surface area contributed by atoms with Crippen LogP contribution in [0.4, 0.5) is 11.4 Å². The van der Waals surface area contributed by atoms with Gasteiger partial charge in [-0.2, -0.15) is 0 Å². The van der Waals surface area contributed by atoms with Crippen LogP contribution in [0.25, 0.3) is 0 Å². The van der Waals surface area contributed by atoms with Crippen LogP contribution in [-0.4, -0.2) is 18.0 Å². The molecule has 1 aromatic carbocycles. The number of benzene rings is 1. The smallest absolute Gasteiger partial charge is 0.276 e. The number of hydrogen-bond acceptors (Lipinski definition) is 4. The van der Waals surface area contributed by atoms with Gasteiger partial charge in [0.15, 0.2) is 5.69 Å².